The number of carbonyl (C=O) groups excluding carboxylic acids is 1. The highest BCUT2D eigenvalue weighted by molar-refractivity contribution is 7.10. The van der Waals surface area contributed by atoms with Crippen LogP contribution >= 0.6 is 11.3 Å². The molecule has 0 unspecified atom stereocenters. The number of carbonyl (C=O) groups is 1. The minimum Gasteiger partial charge on any atom is -0.339 e. The number of likely N-dealkylation sites (tertiary alicyclic amines) is 1. The predicted octanol–water partition coefficient (Wildman–Crippen LogP) is 3.13. The van der Waals surface area contributed by atoms with Gasteiger partial charge in [0.25, 0.3) is 0 Å². The summed E-state index contributed by atoms with van der Waals surface area (Å²) in [5, 5.41) is 2.81. The molecule has 2 heterocycles. The van der Waals surface area contributed by atoms with Crippen molar-refractivity contribution in [3.8, 4) is 0 Å². The van der Waals surface area contributed by atoms with Gasteiger partial charge in [-0.25, -0.2) is 4.98 Å². The Labute approximate surface area is 137 Å². The number of amides is 1. The highest BCUT2D eigenvalue weighted by Gasteiger charge is 2.22. The quantitative estimate of drug-likeness (QED) is 0.724. The summed E-state index contributed by atoms with van der Waals surface area (Å²) in [5.41, 5.74) is 0. The SMILES string of the molecule is CCCCN(C)CC1CCN(C(=O)/C=C\c2nccs2)CC1. The smallest absolute Gasteiger partial charge is 0.246 e. The first-order valence-corrected chi connectivity index (χ1v) is 9.12. The molecule has 1 aliphatic rings. The molecule has 122 valence electrons. The first kappa shape index (κ1) is 17.2. The van der Waals surface area contributed by atoms with Gasteiger partial charge in [-0.3, -0.25) is 4.79 Å². The maximum absolute atomic E-state index is 12.2. The second kappa shape index (κ2) is 9.06. The predicted molar refractivity (Wildman–Crippen MR) is 92.9 cm³/mol. The van der Waals surface area contributed by atoms with Crippen molar-refractivity contribution < 1.29 is 4.79 Å². The number of nitrogens with zero attached hydrogens (tertiary/aromatic N) is 3. The van der Waals surface area contributed by atoms with Crippen molar-refractivity contribution in [2.24, 2.45) is 5.92 Å². The van der Waals surface area contributed by atoms with Crippen LogP contribution in [-0.4, -0.2) is 53.9 Å². The van der Waals surface area contributed by atoms with Gasteiger partial charge >= 0.3 is 0 Å². The van der Waals surface area contributed by atoms with Gasteiger partial charge in [0.1, 0.15) is 5.01 Å². The molecule has 0 N–H and O–H groups in total. The molecule has 1 saturated heterocycles. The molecule has 1 aromatic heterocycles. The van der Waals surface area contributed by atoms with Crippen molar-refractivity contribution in [2.45, 2.75) is 32.6 Å². The van der Waals surface area contributed by atoms with Crippen LogP contribution in [0, 0.1) is 5.92 Å². The van der Waals surface area contributed by atoms with E-state index in [0.29, 0.717) is 0 Å². The molecule has 1 aliphatic heterocycles. The van der Waals surface area contributed by atoms with E-state index < -0.39 is 0 Å². The lowest BCUT2D eigenvalue weighted by atomic mass is 9.96. The molecule has 1 aromatic rings. The Morgan fingerprint density at radius 1 is 1.50 bits per heavy atom. The average Bonchev–Trinajstić information content (AvgIpc) is 3.05. The molecule has 0 spiro atoms. The largest absolute Gasteiger partial charge is 0.339 e. The van der Waals surface area contributed by atoms with Crippen molar-refractivity contribution in [1.82, 2.24) is 14.8 Å². The molecule has 0 saturated carbocycles. The maximum Gasteiger partial charge on any atom is 0.246 e. The molecule has 0 radical (unpaired) electrons. The molecule has 0 atom stereocenters. The zero-order chi connectivity index (χ0) is 15.8. The van der Waals surface area contributed by atoms with Crippen molar-refractivity contribution in [3.05, 3.63) is 22.7 Å². The maximum atomic E-state index is 12.2. The molecular weight excluding hydrogens is 294 g/mol. The van der Waals surface area contributed by atoms with Crippen LogP contribution in [-0.2, 0) is 4.79 Å². The van der Waals surface area contributed by atoms with Crippen LogP contribution in [0.1, 0.15) is 37.6 Å². The van der Waals surface area contributed by atoms with Gasteiger partial charge in [-0.1, -0.05) is 13.3 Å². The van der Waals surface area contributed by atoms with Crippen LogP contribution in [0.15, 0.2) is 17.7 Å². The normalized spacial score (nSPS) is 16.8. The molecule has 5 heteroatoms. The number of hydrogen-bond donors (Lipinski definition) is 0. The van der Waals surface area contributed by atoms with E-state index in [-0.39, 0.29) is 5.91 Å². The Morgan fingerprint density at radius 2 is 2.27 bits per heavy atom. The number of unbranched alkanes of at least 4 members (excludes halogenated alkanes) is 1. The van der Waals surface area contributed by atoms with Gasteiger partial charge < -0.3 is 9.80 Å². The summed E-state index contributed by atoms with van der Waals surface area (Å²) in [6, 6.07) is 0. The summed E-state index contributed by atoms with van der Waals surface area (Å²) in [4.78, 5) is 20.7. The van der Waals surface area contributed by atoms with Crippen LogP contribution in [0.4, 0.5) is 0 Å². The fourth-order valence-corrected chi connectivity index (χ4v) is 3.39. The minimum absolute atomic E-state index is 0.119. The van der Waals surface area contributed by atoms with E-state index in [1.165, 1.54) is 19.4 Å². The van der Waals surface area contributed by atoms with Crippen LogP contribution in [0.2, 0.25) is 0 Å². The lowest BCUT2D eigenvalue weighted by molar-refractivity contribution is -0.127. The topological polar surface area (TPSA) is 36.4 Å². The second-order valence-corrected chi connectivity index (χ2v) is 7.01. The molecule has 4 nitrogen and oxygen atoms in total. The third-order valence-corrected chi connectivity index (χ3v) is 4.95. The summed E-state index contributed by atoms with van der Waals surface area (Å²) in [7, 11) is 2.21. The van der Waals surface area contributed by atoms with Gasteiger partial charge in [0.2, 0.25) is 5.91 Å². The first-order chi connectivity index (χ1) is 10.7. The standard InChI is InChI=1S/C17H27N3OS/c1-3-4-10-19(2)14-15-7-11-20(12-8-15)17(21)6-5-16-18-9-13-22-16/h5-6,9,13,15H,3-4,7-8,10-12,14H2,1-2H3/b6-5-. The van der Waals surface area contributed by atoms with Gasteiger partial charge in [0, 0.05) is 37.3 Å². The summed E-state index contributed by atoms with van der Waals surface area (Å²) in [6.07, 6.45) is 10.00. The molecule has 0 bridgehead atoms. The summed E-state index contributed by atoms with van der Waals surface area (Å²) < 4.78 is 0. The Kier molecular flexibility index (Phi) is 7.06. The molecule has 1 fully saturated rings. The summed E-state index contributed by atoms with van der Waals surface area (Å²) in [5.74, 6) is 0.849. The lowest BCUT2D eigenvalue weighted by Gasteiger charge is -2.33. The third kappa shape index (κ3) is 5.54. The molecule has 0 aliphatic carbocycles. The number of piperidine rings is 1. The van der Waals surface area contributed by atoms with Gasteiger partial charge in [-0.15, -0.1) is 11.3 Å². The van der Waals surface area contributed by atoms with E-state index in [9.17, 15) is 4.79 Å². The summed E-state index contributed by atoms with van der Waals surface area (Å²) >= 11 is 1.55. The van der Waals surface area contributed by atoms with Crippen LogP contribution in [0.5, 0.6) is 0 Å². The van der Waals surface area contributed by atoms with E-state index in [4.69, 9.17) is 0 Å². The van der Waals surface area contributed by atoms with Gasteiger partial charge in [-0.05, 0) is 44.8 Å². The number of rotatable bonds is 7. The zero-order valence-electron chi connectivity index (χ0n) is 13.7. The molecule has 22 heavy (non-hydrogen) atoms. The molecule has 0 aromatic carbocycles. The Hall–Kier alpha value is -1.20. The average molecular weight is 321 g/mol. The van der Waals surface area contributed by atoms with Gasteiger partial charge in [-0.2, -0.15) is 0 Å². The van der Waals surface area contributed by atoms with E-state index in [1.54, 1.807) is 23.6 Å². The molecular formula is C17H27N3OS. The summed E-state index contributed by atoms with van der Waals surface area (Å²) in [6.45, 7) is 6.35. The van der Waals surface area contributed by atoms with Crippen molar-refractivity contribution in [1.29, 1.82) is 0 Å². The lowest BCUT2D eigenvalue weighted by Crippen LogP contribution is -2.40. The third-order valence-electron chi connectivity index (χ3n) is 4.21. The minimum atomic E-state index is 0.119. The van der Waals surface area contributed by atoms with E-state index in [1.807, 2.05) is 16.4 Å². The van der Waals surface area contributed by atoms with E-state index >= 15 is 0 Å². The van der Waals surface area contributed by atoms with Gasteiger partial charge in [0.05, 0.1) is 0 Å². The van der Waals surface area contributed by atoms with E-state index in [0.717, 1.165) is 43.4 Å². The highest BCUT2D eigenvalue weighted by Crippen LogP contribution is 2.19. The van der Waals surface area contributed by atoms with Crippen molar-refractivity contribution in [3.63, 3.8) is 0 Å². The van der Waals surface area contributed by atoms with Crippen molar-refractivity contribution in [2.75, 3.05) is 33.2 Å². The second-order valence-electron chi connectivity index (χ2n) is 6.09. The van der Waals surface area contributed by atoms with Crippen LogP contribution in [0.25, 0.3) is 6.08 Å². The fraction of sp³-hybridized carbons (Fsp3) is 0.647. The van der Waals surface area contributed by atoms with Gasteiger partial charge in [0.15, 0.2) is 0 Å². The molecule has 1 amide bonds. The van der Waals surface area contributed by atoms with Crippen molar-refractivity contribution >= 4 is 23.3 Å². The Morgan fingerprint density at radius 3 is 2.91 bits per heavy atom. The Balaban J connectivity index is 1.71. The highest BCUT2D eigenvalue weighted by atomic mass is 32.1. The number of hydrogen-bond acceptors (Lipinski definition) is 4. The van der Waals surface area contributed by atoms with Crippen LogP contribution in [0.3, 0.4) is 0 Å². The monoisotopic (exact) mass is 321 g/mol. The zero-order valence-corrected chi connectivity index (χ0v) is 14.5. The fourth-order valence-electron chi connectivity index (χ4n) is 2.86. The number of aromatic nitrogens is 1. The van der Waals surface area contributed by atoms with Crippen LogP contribution < -0.4 is 0 Å². The molecule has 2 rings (SSSR count). The van der Waals surface area contributed by atoms with E-state index in [2.05, 4.69) is 23.9 Å². The Bertz CT molecular complexity index is 464. The first-order valence-electron chi connectivity index (χ1n) is 8.24. The number of thiazole rings is 1.